The van der Waals surface area contributed by atoms with Gasteiger partial charge in [0.1, 0.15) is 5.76 Å². The fourth-order valence-corrected chi connectivity index (χ4v) is 0.709. The van der Waals surface area contributed by atoms with Gasteiger partial charge in [-0.05, 0) is 20.6 Å². The van der Waals surface area contributed by atoms with E-state index >= 15 is 0 Å². The standard InChI is InChI=1S/C8H14N2O2/c1-5(10-3)8(12)7(4-9)6(2)11/h11-12H,3-4,9H2,1-2H3/b7-6+,8-5+. The zero-order valence-corrected chi connectivity index (χ0v) is 7.33. The molecule has 0 aromatic carbocycles. The van der Waals surface area contributed by atoms with Crippen LogP contribution in [0.2, 0.25) is 0 Å². The number of aliphatic hydroxyl groups excluding tert-OH is 2. The predicted octanol–water partition coefficient (Wildman–Crippen LogP) is 1.27. The lowest BCUT2D eigenvalue weighted by atomic mass is 10.1. The molecule has 0 heterocycles. The molecule has 4 N–H and O–H groups in total. The highest BCUT2D eigenvalue weighted by molar-refractivity contribution is 5.36. The molecule has 68 valence electrons. The summed E-state index contributed by atoms with van der Waals surface area (Å²) >= 11 is 0. The lowest BCUT2D eigenvalue weighted by Crippen LogP contribution is -2.08. The Kier molecular flexibility index (Phi) is 4.07. The third-order valence-corrected chi connectivity index (χ3v) is 1.51. The molecule has 4 nitrogen and oxygen atoms in total. The molecule has 0 aliphatic rings. The van der Waals surface area contributed by atoms with E-state index in [0.29, 0.717) is 11.3 Å². The molecular formula is C8H14N2O2. The van der Waals surface area contributed by atoms with Gasteiger partial charge in [-0.1, -0.05) is 0 Å². The predicted molar refractivity (Wildman–Crippen MR) is 49.3 cm³/mol. The van der Waals surface area contributed by atoms with Crippen LogP contribution in [0.4, 0.5) is 0 Å². The van der Waals surface area contributed by atoms with E-state index in [1.807, 2.05) is 0 Å². The summed E-state index contributed by atoms with van der Waals surface area (Å²) in [6.07, 6.45) is 0. The highest BCUT2D eigenvalue weighted by atomic mass is 16.3. The summed E-state index contributed by atoms with van der Waals surface area (Å²) in [6, 6.07) is 0. The molecule has 0 aromatic heterocycles. The van der Waals surface area contributed by atoms with E-state index in [1.165, 1.54) is 6.92 Å². The van der Waals surface area contributed by atoms with E-state index in [9.17, 15) is 5.11 Å². The molecule has 0 rings (SSSR count). The minimum atomic E-state index is -0.104. The van der Waals surface area contributed by atoms with Crippen molar-refractivity contribution in [3.8, 4) is 0 Å². The number of aliphatic hydroxyl groups is 2. The van der Waals surface area contributed by atoms with Crippen LogP contribution >= 0.6 is 0 Å². The third-order valence-electron chi connectivity index (χ3n) is 1.51. The zero-order chi connectivity index (χ0) is 9.72. The van der Waals surface area contributed by atoms with Crippen LogP contribution in [0, 0.1) is 0 Å². The van der Waals surface area contributed by atoms with E-state index in [-0.39, 0.29) is 18.1 Å². The Morgan fingerprint density at radius 1 is 1.42 bits per heavy atom. The fraction of sp³-hybridized carbons (Fsp3) is 0.375. The van der Waals surface area contributed by atoms with Crippen LogP contribution in [0.25, 0.3) is 0 Å². The van der Waals surface area contributed by atoms with E-state index in [2.05, 4.69) is 11.7 Å². The van der Waals surface area contributed by atoms with Crippen molar-refractivity contribution in [2.24, 2.45) is 10.7 Å². The van der Waals surface area contributed by atoms with Crippen molar-refractivity contribution < 1.29 is 10.2 Å². The number of hydrogen-bond acceptors (Lipinski definition) is 4. The van der Waals surface area contributed by atoms with Gasteiger partial charge in [0.25, 0.3) is 0 Å². The summed E-state index contributed by atoms with van der Waals surface area (Å²) in [5, 5.41) is 18.5. The fourth-order valence-electron chi connectivity index (χ4n) is 0.709. The smallest absolute Gasteiger partial charge is 0.144 e. The van der Waals surface area contributed by atoms with Gasteiger partial charge >= 0.3 is 0 Å². The Bertz CT molecular complexity index is 237. The molecule has 4 heteroatoms. The van der Waals surface area contributed by atoms with Crippen LogP contribution in [-0.2, 0) is 0 Å². The van der Waals surface area contributed by atoms with Gasteiger partial charge in [0.15, 0.2) is 0 Å². The Morgan fingerprint density at radius 2 is 1.92 bits per heavy atom. The average Bonchev–Trinajstić information content (AvgIpc) is 2.03. The number of nitrogens with two attached hydrogens (primary N) is 1. The van der Waals surface area contributed by atoms with Crippen molar-refractivity contribution in [2.45, 2.75) is 13.8 Å². The molecule has 0 saturated heterocycles. The van der Waals surface area contributed by atoms with Crippen LogP contribution in [-0.4, -0.2) is 23.5 Å². The lowest BCUT2D eigenvalue weighted by molar-refractivity contribution is 0.376. The van der Waals surface area contributed by atoms with E-state index in [0.717, 1.165) is 0 Å². The molecule has 0 bridgehead atoms. The van der Waals surface area contributed by atoms with Gasteiger partial charge in [-0.2, -0.15) is 0 Å². The quantitative estimate of drug-likeness (QED) is 0.339. The third kappa shape index (κ3) is 2.39. The normalized spacial score (nSPS) is 14.9. The van der Waals surface area contributed by atoms with Gasteiger partial charge in [-0.15, -0.1) is 0 Å². The van der Waals surface area contributed by atoms with E-state index < -0.39 is 0 Å². The van der Waals surface area contributed by atoms with Gasteiger partial charge in [0.05, 0.1) is 11.5 Å². The molecule has 0 spiro atoms. The first-order valence-electron chi connectivity index (χ1n) is 3.50. The zero-order valence-electron chi connectivity index (χ0n) is 7.33. The summed E-state index contributed by atoms with van der Waals surface area (Å²) in [4.78, 5) is 3.52. The number of aliphatic imine (C=N–C) groups is 1. The lowest BCUT2D eigenvalue weighted by Gasteiger charge is -2.06. The van der Waals surface area contributed by atoms with E-state index in [4.69, 9.17) is 10.8 Å². The SMILES string of the molecule is C=N/C(C)=C(O)\C(CN)=C(/C)O. The van der Waals surface area contributed by atoms with Crippen molar-refractivity contribution in [1.29, 1.82) is 0 Å². The molecule has 0 aliphatic carbocycles. The summed E-state index contributed by atoms with van der Waals surface area (Å²) in [7, 11) is 0. The monoisotopic (exact) mass is 170 g/mol. The second kappa shape index (κ2) is 4.56. The van der Waals surface area contributed by atoms with Crippen molar-refractivity contribution >= 4 is 6.72 Å². The summed E-state index contributed by atoms with van der Waals surface area (Å²) in [5.74, 6) is -0.106. The minimum absolute atomic E-state index is 0.00185. The molecular weight excluding hydrogens is 156 g/mol. The average molecular weight is 170 g/mol. The van der Waals surface area contributed by atoms with Crippen LogP contribution < -0.4 is 5.73 Å². The number of rotatable bonds is 3. The maximum absolute atomic E-state index is 9.40. The largest absolute Gasteiger partial charge is 0.512 e. The van der Waals surface area contributed by atoms with Crippen molar-refractivity contribution in [2.75, 3.05) is 6.54 Å². The molecule has 0 atom stereocenters. The highest BCUT2D eigenvalue weighted by Gasteiger charge is 2.07. The summed E-state index contributed by atoms with van der Waals surface area (Å²) in [6.45, 7) is 6.35. The second-order valence-electron chi connectivity index (χ2n) is 2.36. The topological polar surface area (TPSA) is 78.8 Å². The molecule has 0 unspecified atom stereocenters. The molecule has 0 aliphatic heterocycles. The number of nitrogens with zero attached hydrogens (tertiary/aromatic N) is 1. The molecule has 12 heavy (non-hydrogen) atoms. The number of hydrogen-bond donors (Lipinski definition) is 3. The maximum atomic E-state index is 9.40. The molecule has 0 fully saturated rings. The van der Waals surface area contributed by atoms with Gasteiger partial charge in [-0.3, -0.25) is 4.99 Å². The van der Waals surface area contributed by atoms with Crippen LogP contribution in [0.3, 0.4) is 0 Å². The minimum Gasteiger partial charge on any atom is -0.512 e. The van der Waals surface area contributed by atoms with Crippen molar-refractivity contribution in [1.82, 2.24) is 0 Å². The molecule has 0 amide bonds. The first-order chi connectivity index (χ1) is 5.54. The first kappa shape index (κ1) is 10.7. The van der Waals surface area contributed by atoms with Gasteiger partial charge < -0.3 is 15.9 Å². The van der Waals surface area contributed by atoms with Gasteiger partial charge in [-0.25, -0.2) is 0 Å². The van der Waals surface area contributed by atoms with Crippen LogP contribution in [0.15, 0.2) is 27.8 Å². The van der Waals surface area contributed by atoms with E-state index in [1.54, 1.807) is 6.92 Å². The Balaban J connectivity index is 5.03. The molecule has 0 saturated carbocycles. The second-order valence-corrected chi connectivity index (χ2v) is 2.36. The molecule has 0 aromatic rings. The Hall–Kier alpha value is -1.29. The van der Waals surface area contributed by atoms with Gasteiger partial charge in [0.2, 0.25) is 0 Å². The number of allylic oxidation sites excluding steroid dienone is 2. The Labute approximate surface area is 71.7 Å². The Morgan fingerprint density at radius 3 is 2.17 bits per heavy atom. The van der Waals surface area contributed by atoms with Crippen molar-refractivity contribution in [3.05, 3.63) is 22.8 Å². The first-order valence-corrected chi connectivity index (χ1v) is 3.50. The maximum Gasteiger partial charge on any atom is 0.144 e. The van der Waals surface area contributed by atoms with Crippen LogP contribution in [0.5, 0.6) is 0 Å². The van der Waals surface area contributed by atoms with Crippen LogP contribution in [0.1, 0.15) is 13.8 Å². The highest BCUT2D eigenvalue weighted by Crippen LogP contribution is 2.13. The van der Waals surface area contributed by atoms with Gasteiger partial charge in [0, 0.05) is 12.1 Å². The summed E-state index contributed by atoms with van der Waals surface area (Å²) < 4.78 is 0. The molecule has 0 radical (unpaired) electrons. The summed E-state index contributed by atoms with van der Waals surface area (Å²) in [5.41, 5.74) is 5.94. The van der Waals surface area contributed by atoms with Crippen molar-refractivity contribution in [3.63, 3.8) is 0 Å².